The summed E-state index contributed by atoms with van der Waals surface area (Å²) in [4.78, 5) is 22.1. The summed E-state index contributed by atoms with van der Waals surface area (Å²) >= 11 is 0. The molecule has 0 bridgehead atoms. The van der Waals surface area contributed by atoms with Crippen molar-refractivity contribution in [2.24, 2.45) is 11.1 Å². The monoisotopic (exact) mass is 216 g/mol. The summed E-state index contributed by atoms with van der Waals surface area (Å²) in [5.74, 6) is -1.22. The quantitative estimate of drug-likeness (QED) is 0.597. The van der Waals surface area contributed by atoms with Gasteiger partial charge < -0.3 is 16.2 Å². The second kappa shape index (κ2) is 5.70. The Labute approximate surface area is 90.0 Å². The number of aliphatic carboxylic acids is 1. The highest BCUT2D eigenvalue weighted by Gasteiger charge is 2.28. The first-order valence-electron chi connectivity index (χ1n) is 5.08. The minimum absolute atomic E-state index is 0.0958. The summed E-state index contributed by atoms with van der Waals surface area (Å²) in [7, 11) is 0. The number of amides is 1. The van der Waals surface area contributed by atoms with Crippen molar-refractivity contribution < 1.29 is 14.7 Å². The van der Waals surface area contributed by atoms with Crippen LogP contribution in [0.4, 0.5) is 0 Å². The normalized spacial score (nSPS) is 13.3. The molecule has 0 aromatic heterocycles. The van der Waals surface area contributed by atoms with Gasteiger partial charge in [-0.2, -0.15) is 0 Å². The third-order valence-corrected chi connectivity index (χ3v) is 2.22. The average molecular weight is 216 g/mol. The molecular weight excluding hydrogens is 196 g/mol. The Kier molecular flexibility index (Phi) is 5.28. The van der Waals surface area contributed by atoms with Gasteiger partial charge in [0.15, 0.2) is 0 Å². The predicted octanol–water partition coefficient (Wildman–Crippen LogP) is 0.341. The van der Waals surface area contributed by atoms with Crippen LogP contribution < -0.4 is 11.1 Å². The first kappa shape index (κ1) is 13.9. The highest BCUT2D eigenvalue weighted by atomic mass is 16.4. The Morgan fingerprint density at radius 3 is 2.40 bits per heavy atom. The maximum atomic E-state index is 11.4. The van der Waals surface area contributed by atoms with Gasteiger partial charge in [-0.25, -0.2) is 0 Å². The number of hydrogen-bond acceptors (Lipinski definition) is 3. The molecule has 1 amide bonds. The van der Waals surface area contributed by atoms with E-state index in [1.54, 1.807) is 13.8 Å². The molecule has 0 heterocycles. The van der Waals surface area contributed by atoms with Crippen LogP contribution in [0.25, 0.3) is 0 Å². The molecule has 5 nitrogen and oxygen atoms in total. The zero-order valence-electron chi connectivity index (χ0n) is 9.54. The van der Waals surface area contributed by atoms with Gasteiger partial charge in [-0.1, -0.05) is 13.3 Å². The van der Waals surface area contributed by atoms with E-state index in [0.717, 1.165) is 6.42 Å². The maximum absolute atomic E-state index is 11.4. The van der Waals surface area contributed by atoms with Crippen LogP contribution in [0.15, 0.2) is 0 Å². The molecule has 4 N–H and O–H groups in total. The Morgan fingerprint density at radius 1 is 1.47 bits per heavy atom. The Balaban J connectivity index is 4.05. The summed E-state index contributed by atoms with van der Waals surface area (Å²) in [5.41, 5.74) is 4.62. The number of carboxylic acid groups (broad SMARTS) is 1. The molecule has 15 heavy (non-hydrogen) atoms. The van der Waals surface area contributed by atoms with E-state index in [0.29, 0.717) is 6.42 Å². The Hall–Kier alpha value is -1.10. The van der Waals surface area contributed by atoms with Crippen molar-refractivity contribution in [1.29, 1.82) is 0 Å². The molecule has 0 saturated heterocycles. The van der Waals surface area contributed by atoms with Crippen LogP contribution in [0.1, 0.15) is 33.6 Å². The zero-order valence-corrected chi connectivity index (χ0v) is 9.54. The highest BCUT2D eigenvalue weighted by Crippen LogP contribution is 2.13. The van der Waals surface area contributed by atoms with Gasteiger partial charge in [-0.3, -0.25) is 9.59 Å². The van der Waals surface area contributed by atoms with Crippen molar-refractivity contribution in [2.75, 3.05) is 6.54 Å². The molecule has 1 atom stereocenters. The second-order valence-corrected chi connectivity index (χ2v) is 4.30. The van der Waals surface area contributed by atoms with Crippen LogP contribution in [0.3, 0.4) is 0 Å². The number of hydrogen-bond donors (Lipinski definition) is 3. The van der Waals surface area contributed by atoms with Crippen LogP contribution in [0.2, 0.25) is 0 Å². The lowest BCUT2D eigenvalue weighted by molar-refractivity contribution is -0.146. The Morgan fingerprint density at radius 2 is 2.00 bits per heavy atom. The number of carbonyl (C=O) groups excluding carboxylic acids is 1. The third kappa shape index (κ3) is 4.78. The molecule has 0 fully saturated rings. The summed E-state index contributed by atoms with van der Waals surface area (Å²) in [6.07, 6.45) is 1.44. The van der Waals surface area contributed by atoms with E-state index >= 15 is 0 Å². The van der Waals surface area contributed by atoms with Gasteiger partial charge in [0.25, 0.3) is 0 Å². The first-order valence-corrected chi connectivity index (χ1v) is 5.08. The van der Waals surface area contributed by atoms with Crippen LogP contribution in [-0.4, -0.2) is 29.6 Å². The topological polar surface area (TPSA) is 92.4 Å². The molecule has 0 aromatic rings. The van der Waals surface area contributed by atoms with Crippen molar-refractivity contribution in [3.63, 3.8) is 0 Å². The van der Waals surface area contributed by atoms with Gasteiger partial charge >= 0.3 is 5.97 Å². The lowest BCUT2D eigenvalue weighted by Crippen LogP contribution is -2.45. The highest BCUT2D eigenvalue weighted by molar-refractivity contribution is 5.82. The molecule has 0 rings (SSSR count). The first-order chi connectivity index (χ1) is 6.81. The number of rotatable bonds is 6. The molecular formula is C10H20N2O3. The molecule has 0 aliphatic carbocycles. The van der Waals surface area contributed by atoms with Crippen molar-refractivity contribution in [1.82, 2.24) is 5.32 Å². The average Bonchev–Trinajstić information content (AvgIpc) is 2.14. The van der Waals surface area contributed by atoms with E-state index < -0.39 is 17.4 Å². The molecule has 88 valence electrons. The Bertz CT molecular complexity index is 239. The molecule has 0 saturated carbocycles. The minimum Gasteiger partial charge on any atom is -0.481 e. The van der Waals surface area contributed by atoms with E-state index in [9.17, 15) is 9.59 Å². The predicted molar refractivity (Wildman–Crippen MR) is 57.3 cm³/mol. The van der Waals surface area contributed by atoms with Gasteiger partial charge in [0.2, 0.25) is 5.91 Å². The lowest BCUT2D eigenvalue weighted by Gasteiger charge is -2.20. The van der Waals surface area contributed by atoms with Crippen molar-refractivity contribution in [3.8, 4) is 0 Å². The van der Waals surface area contributed by atoms with E-state index in [2.05, 4.69) is 5.32 Å². The maximum Gasteiger partial charge on any atom is 0.310 e. The molecule has 0 radical (unpaired) electrons. The number of carboxylic acids is 1. The van der Waals surface area contributed by atoms with E-state index in [1.807, 2.05) is 6.92 Å². The molecule has 0 unspecified atom stereocenters. The zero-order chi connectivity index (χ0) is 12.1. The number of nitrogens with two attached hydrogens (primary N) is 1. The molecule has 0 aliphatic heterocycles. The number of nitrogens with one attached hydrogen (secondary N) is 1. The van der Waals surface area contributed by atoms with Crippen LogP contribution in [0, 0.1) is 5.41 Å². The van der Waals surface area contributed by atoms with Gasteiger partial charge in [-0.05, 0) is 20.3 Å². The molecule has 0 aliphatic rings. The van der Waals surface area contributed by atoms with Crippen molar-refractivity contribution in [2.45, 2.75) is 39.7 Å². The van der Waals surface area contributed by atoms with Gasteiger partial charge in [-0.15, -0.1) is 0 Å². The lowest BCUT2D eigenvalue weighted by atomic mass is 9.94. The molecule has 0 aromatic carbocycles. The fourth-order valence-corrected chi connectivity index (χ4v) is 0.957. The summed E-state index contributed by atoms with van der Waals surface area (Å²) in [6, 6.07) is -0.542. The van der Waals surface area contributed by atoms with Crippen LogP contribution in [-0.2, 0) is 9.59 Å². The van der Waals surface area contributed by atoms with Gasteiger partial charge in [0.05, 0.1) is 11.5 Å². The fourth-order valence-electron chi connectivity index (χ4n) is 0.957. The van der Waals surface area contributed by atoms with Crippen LogP contribution in [0.5, 0.6) is 0 Å². The molecule has 5 heteroatoms. The third-order valence-electron chi connectivity index (χ3n) is 2.22. The second-order valence-electron chi connectivity index (χ2n) is 4.30. The van der Waals surface area contributed by atoms with Gasteiger partial charge in [0.1, 0.15) is 0 Å². The standard InChI is InChI=1S/C10H20N2O3/c1-4-5-7(11)8(13)12-6-10(2,3)9(14)15/h7H,4-6,11H2,1-3H3,(H,12,13)(H,14,15)/t7-/m0/s1. The van der Waals surface area contributed by atoms with Crippen molar-refractivity contribution in [3.05, 3.63) is 0 Å². The summed E-state index contributed by atoms with van der Waals surface area (Å²) < 4.78 is 0. The smallest absolute Gasteiger partial charge is 0.310 e. The van der Waals surface area contributed by atoms with Crippen LogP contribution >= 0.6 is 0 Å². The SMILES string of the molecule is CCC[C@H](N)C(=O)NCC(C)(C)C(=O)O. The largest absolute Gasteiger partial charge is 0.481 e. The van der Waals surface area contributed by atoms with E-state index in [4.69, 9.17) is 10.8 Å². The minimum atomic E-state index is -0.957. The molecule has 0 spiro atoms. The summed E-state index contributed by atoms with van der Waals surface area (Å²) in [5, 5.41) is 11.4. The number of carbonyl (C=O) groups is 2. The van der Waals surface area contributed by atoms with E-state index in [1.165, 1.54) is 0 Å². The fraction of sp³-hybridized carbons (Fsp3) is 0.800. The van der Waals surface area contributed by atoms with Crippen molar-refractivity contribution >= 4 is 11.9 Å². The van der Waals surface area contributed by atoms with E-state index in [-0.39, 0.29) is 12.5 Å². The summed E-state index contributed by atoms with van der Waals surface area (Å²) in [6.45, 7) is 5.15. The van der Waals surface area contributed by atoms with Gasteiger partial charge in [0, 0.05) is 6.54 Å².